The van der Waals surface area contributed by atoms with Gasteiger partial charge in [0.1, 0.15) is 5.75 Å². The number of anilines is 1. The molecule has 1 atom stereocenters. The first-order valence-electron chi connectivity index (χ1n) is 10.3. The third-order valence-electron chi connectivity index (χ3n) is 4.31. The van der Waals surface area contributed by atoms with E-state index in [1.165, 1.54) is 0 Å². The molecular formula is C22H28N4O6. The molecule has 0 aliphatic rings. The smallest absolute Gasteiger partial charge is 0.303 e. The van der Waals surface area contributed by atoms with E-state index in [2.05, 4.69) is 20.9 Å². The summed E-state index contributed by atoms with van der Waals surface area (Å²) in [6, 6.07) is 10.4. The number of carboxylic acid groups (broad SMARTS) is 1. The van der Waals surface area contributed by atoms with Gasteiger partial charge in [0.25, 0.3) is 5.91 Å². The number of carboxylic acids is 1. The number of benzene rings is 1. The second-order valence-electron chi connectivity index (χ2n) is 6.89. The average Bonchev–Trinajstić information content (AvgIpc) is 2.80. The second-order valence-corrected chi connectivity index (χ2v) is 6.89. The number of ether oxygens (including phenoxy) is 1. The zero-order valence-corrected chi connectivity index (χ0v) is 17.6. The Morgan fingerprint density at radius 2 is 1.88 bits per heavy atom. The van der Waals surface area contributed by atoms with Crippen molar-refractivity contribution in [1.29, 1.82) is 0 Å². The van der Waals surface area contributed by atoms with Crippen LogP contribution in [0.2, 0.25) is 0 Å². The molecule has 172 valence electrons. The van der Waals surface area contributed by atoms with Gasteiger partial charge in [-0.15, -0.1) is 0 Å². The van der Waals surface area contributed by atoms with Crippen LogP contribution in [0.15, 0.2) is 48.8 Å². The normalized spacial score (nSPS) is 11.3. The quantitative estimate of drug-likeness (QED) is 0.213. The van der Waals surface area contributed by atoms with Crippen LogP contribution in [0.4, 0.5) is 5.69 Å². The van der Waals surface area contributed by atoms with E-state index in [1.807, 2.05) is 6.07 Å². The maximum atomic E-state index is 12.4. The molecule has 5 N–H and O–H groups in total. The Labute approximate surface area is 186 Å². The molecule has 1 heterocycles. The summed E-state index contributed by atoms with van der Waals surface area (Å²) in [5, 5.41) is 25.7. The summed E-state index contributed by atoms with van der Waals surface area (Å²) in [5.74, 6) is -1.12. The molecule has 0 fully saturated rings. The number of amides is 2. The molecule has 0 radical (unpaired) electrons. The Balaban J connectivity index is 1.91. The summed E-state index contributed by atoms with van der Waals surface area (Å²) >= 11 is 0. The number of nitrogens with one attached hydrogen (secondary N) is 3. The molecule has 10 heteroatoms. The van der Waals surface area contributed by atoms with Crippen molar-refractivity contribution in [3.63, 3.8) is 0 Å². The van der Waals surface area contributed by atoms with Crippen LogP contribution >= 0.6 is 0 Å². The van der Waals surface area contributed by atoms with Crippen molar-refractivity contribution in [3.8, 4) is 5.75 Å². The number of aryl methyl sites for hydroxylation is 1. The van der Waals surface area contributed by atoms with Gasteiger partial charge in [-0.25, -0.2) is 0 Å². The van der Waals surface area contributed by atoms with Crippen LogP contribution in [0.25, 0.3) is 0 Å². The lowest BCUT2D eigenvalue weighted by Crippen LogP contribution is -2.51. The number of aromatic nitrogens is 1. The molecule has 10 nitrogen and oxygen atoms in total. The highest BCUT2D eigenvalue weighted by Gasteiger charge is 2.20. The van der Waals surface area contributed by atoms with Crippen LogP contribution in [-0.2, 0) is 20.8 Å². The van der Waals surface area contributed by atoms with E-state index in [-0.39, 0.29) is 38.5 Å². The van der Waals surface area contributed by atoms with E-state index in [9.17, 15) is 14.4 Å². The number of aliphatic hydroxyl groups is 1. The molecule has 0 aliphatic heterocycles. The lowest BCUT2D eigenvalue weighted by molar-refractivity contribution is -0.137. The molecule has 0 saturated carbocycles. The molecule has 2 amide bonds. The van der Waals surface area contributed by atoms with E-state index >= 15 is 0 Å². The molecule has 0 bridgehead atoms. The van der Waals surface area contributed by atoms with Gasteiger partial charge in [0, 0.05) is 37.5 Å². The largest absolute Gasteiger partial charge is 0.494 e. The molecule has 0 aliphatic carbocycles. The minimum atomic E-state index is -1.04. The summed E-state index contributed by atoms with van der Waals surface area (Å²) in [5.41, 5.74) is 1.48. The first-order chi connectivity index (χ1) is 15.5. The Hall–Kier alpha value is -3.66. The lowest BCUT2D eigenvalue weighted by atomic mass is 10.1. The standard InChI is InChI=1S/C22H28N4O6/c27-13-12-24-22(31)21(26-19(28)10-5-16-3-1-11-23-15-16)25-17-6-8-18(9-7-17)32-14-2-4-20(29)30/h1,3,6-9,11,15,21,25,27H,2,4-5,10,12-14H2,(H,24,31)(H,26,28)(H,29,30). The highest BCUT2D eigenvalue weighted by Crippen LogP contribution is 2.16. The summed E-state index contributed by atoms with van der Waals surface area (Å²) in [7, 11) is 0. The van der Waals surface area contributed by atoms with Crippen molar-refractivity contribution in [3.05, 3.63) is 54.4 Å². The Bertz CT molecular complexity index is 860. The number of aliphatic hydroxyl groups excluding tert-OH is 1. The molecule has 0 saturated heterocycles. The molecule has 32 heavy (non-hydrogen) atoms. The van der Waals surface area contributed by atoms with Crippen LogP contribution in [0, 0.1) is 0 Å². The predicted molar refractivity (Wildman–Crippen MR) is 117 cm³/mol. The number of carbonyl (C=O) groups excluding carboxylic acids is 2. The van der Waals surface area contributed by atoms with Crippen LogP contribution < -0.4 is 20.7 Å². The van der Waals surface area contributed by atoms with E-state index in [0.29, 0.717) is 24.3 Å². The molecule has 2 aromatic rings. The summed E-state index contributed by atoms with van der Waals surface area (Å²) in [4.78, 5) is 39.3. The third-order valence-corrected chi connectivity index (χ3v) is 4.31. The fraction of sp³-hybridized carbons (Fsp3) is 0.364. The van der Waals surface area contributed by atoms with E-state index in [4.69, 9.17) is 14.9 Å². The zero-order valence-electron chi connectivity index (χ0n) is 17.6. The van der Waals surface area contributed by atoms with E-state index in [1.54, 1.807) is 42.7 Å². The number of pyridine rings is 1. The molecule has 1 aromatic heterocycles. The highest BCUT2D eigenvalue weighted by atomic mass is 16.5. The zero-order chi connectivity index (χ0) is 23.2. The van der Waals surface area contributed by atoms with Gasteiger partial charge in [-0.2, -0.15) is 0 Å². The van der Waals surface area contributed by atoms with Crippen molar-refractivity contribution in [1.82, 2.24) is 15.6 Å². The van der Waals surface area contributed by atoms with Crippen LogP contribution in [-0.4, -0.2) is 58.9 Å². The number of hydrogen-bond donors (Lipinski definition) is 5. The average molecular weight is 444 g/mol. The highest BCUT2D eigenvalue weighted by molar-refractivity contribution is 5.89. The van der Waals surface area contributed by atoms with Crippen molar-refractivity contribution in [2.24, 2.45) is 0 Å². The van der Waals surface area contributed by atoms with Gasteiger partial charge in [-0.05, 0) is 48.7 Å². The molecule has 2 rings (SSSR count). The van der Waals surface area contributed by atoms with Gasteiger partial charge >= 0.3 is 5.97 Å². The monoisotopic (exact) mass is 444 g/mol. The van der Waals surface area contributed by atoms with Crippen LogP contribution in [0.1, 0.15) is 24.8 Å². The predicted octanol–water partition coefficient (Wildman–Crippen LogP) is 0.921. The summed E-state index contributed by atoms with van der Waals surface area (Å²) in [6.07, 6.45) is 3.39. The van der Waals surface area contributed by atoms with Gasteiger partial charge in [0.15, 0.2) is 6.17 Å². The van der Waals surface area contributed by atoms with Gasteiger partial charge in [-0.3, -0.25) is 19.4 Å². The van der Waals surface area contributed by atoms with Gasteiger partial charge in [0.05, 0.1) is 13.2 Å². The summed E-state index contributed by atoms with van der Waals surface area (Å²) in [6.45, 7) is 0.116. The van der Waals surface area contributed by atoms with Crippen molar-refractivity contribution >= 4 is 23.5 Å². The van der Waals surface area contributed by atoms with Crippen LogP contribution in [0.3, 0.4) is 0 Å². The molecule has 0 spiro atoms. The first-order valence-corrected chi connectivity index (χ1v) is 10.3. The fourth-order valence-electron chi connectivity index (χ4n) is 2.71. The topological polar surface area (TPSA) is 150 Å². The SMILES string of the molecule is O=C(O)CCCOc1ccc(NC(NC(=O)CCc2cccnc2)C(=O)NCCO)cc1. The Kier molecular flexibility index (Phi) is 10.5. The lowest BCUT2D eigenvalue weighted by Gasteiger charge is -2.21. The Morgan fingerprint density at radius 1 is 1.09 bits per heavy atom. The fourth-order valence-corrected chi connectivity index (χ4v) is 2.71. The number of rotatable bonds is 14. The minimum absolute atomic E-state index is 0.0325. The van der Waals surface area contributed by atoms with Crippen molar-refractivity contribution < 1.29 is 29.3 Å². The number of aliphatic carboxylic acids is 1. The van der Waals surface area contributed by atoms with Gasteiger partial charge < -0.3 is 30.9 Å². The summed E-state index contributed by atoms with van der Waals surface area (Å²) < 4.78 is 5.48. The Morgan fingerprint density at radius 3 is 2.53 bits per heavy atom. The second kappa shape index (κ2) is 13.6. The van der Waals surface area contributed by atoms with Crippen molar-refractivity contribution in [2.45, 2.75) is 31.8 Å². The number of hydrogen-bond acceptors (Lipinski definition) is 7. The third kappa shape index (κ3) is 9.43. The maximum Gasteiger partial charge on any atom is 0.303 e. The maximum absolute atomic E-state index is 12.4. The van der Waals surface area contributed by atoms with E-state index in [0.717, 1.165) is 5.56 Å². The van der Waals surface area contributed by atoms with Gasteiger partial charge in [0.2, 0.25) is 5.91 Å². The van der Waals surface area contributed by atoms with Gasteiger partial charge in [-0.1, -0.05) is 6.07 Å². The number of nitrogens with zero attached hydrogens (tertiary/aromatic N) is 1. The van der Waals surface area contributed by atoms with Crippen molar-refractivity contribution in [2.75, 3.05) is 25.1 Å². The molecule has 1 aromatic carbocycles. The minimum Gasteiger partial charge on any atom is -0.494 e. The number of carbonyl (C=O) groups is 3. The molecular weight excluding hydrogens is 416 g/mol. The van der Waals surface area contributed by atoms with E-state index < -0.39 is 18.0 Å². The first kappa shape index (κ1) is 24.6. The molecule has 1 unspecified atom stereocenters. The van der Waals surface area contributed by atoms with Crippen LogP contribution in [0.5, 0.6) is 5.75 Å².